The van der Waals surface area contributed by atoms with Gasteiger partial charge in [-0.15, -0.1) is 0 Å². The van der Waals surface area contributed by atoms with E-state index in [0.29, 0.717) is 22.6 Å². The summed E-state index contributed by atoms with van der Waals surface area (Å²) < 4.78 is 23.1. The Morgan fingerprint density at radius 1 is 1.08 bits per heavy atom. The Kier molecular flexibility index (Phi) is 6.09. The number of esters is 1. The zero-order valence-electron chi connectivity index (χ0n) is 20.2. The molecule has 0 aliphatic carbocycles. The summed E-state index contributed by atoms with van der Waals surface area (Å²) in [6, 6.07) is 15.5. The van der Waals surface area contributed by atoms with Gasteiger partial charge in [-0.25, -0.2) is 0 Å². The second kappa shape index (κ2) is 9.39. The molecule has 0 saturated carbocycles. The molecule has 1 atom stereocenters. The number of rotatable bonds is 6. The van der Waals surface area contributed by atoms with E-state index >= 15 is 0 Å². The Labute approximate surface area is 212 Å². The quantitative estimate of drug-likeness (QED) is 0.159. The van der Waals surface area contributed by atoms with Crippen molar-refractivity contribution in [1.29, 1.82) is 0 Å². The normalized spacial score (nSPS) is 14.6. The molecule has 5 rings (SSSR count). The first-order chi connectivity index (χ1) is 17.8. The molecule has 0 bridgehead atoms. The van der Waals surface area contributed by atoms with E-state index in [9.17, 15) is 19.8 Å². The fourth-order valence-electron chi connectivity index (χ4n) is 4.54. The summed E-state index contributed by atoms with van der Waals surface area (Å²) in [5.41, 5.74) is 1.65. The van der Waals surface area contributed by atoms with Crippen molar-refractivity contribution in [3.63, 3.8) is 0 Å². The van der Waals surface area contributed by atoms with Crippen LogP contribution in [0.2, 0.25) is 0 Å². The molecule has 2 heterocycles. The molecule has 1 aliphatic heterocycles. The molecule has 3 aromatic carbocycles. The fourth-order valence-corrected chi connectivity index (χ4v) is 4.54. The summed E-state index contributed by atoms with van der Waals surface area (Å²) in [5.74, 6) is -2.04. The van der Waals surface area contributed by atoms with Gasteiger partial charge in [0.05, 0.1) is 19.1 Å². The van der Waals surface area contributed by atoms with Gasteiger partial charge < -0.3 is 28.8 Å². The van der Waals surface area contributed by atoms with Gasteiger partial charge in [0.15, 0.2) is 28.4 Å². The molecule has 0 amide bonds. The third kappa shape index (κ3) is 4.16. The zero-order chi connectivity index (χ0) is 26.3. The van der Waals surface area contributed by atoms with Gasteiger partial charge in [-0.05, 0) is 18.6 Å². The molecule has 4 aromatic rings. The fraction of sp³-hybridized carbons (Fsp3) is 0.172. The van der Waals surface area contributed by atoms with Crippen molar-refractivity contribution in [2.45, 2.75) is 19.3 Å². The number of hydrogen-bond donors (Lipinski definition) is 2. The highest BCUT2D eigenvalue weighted by Gasteiger charge is 2.38. The summed E-state index contributed by atoms with van der Waals surface area (Å²) >= 11 is 0. The molecule has 1 unspecified atom stereocenters. The number of phenols is 2. The molecule has 188 valence electrons. The summed E-state index contributed by atoms with van der Waals surface area (Å²) in [4.78, 5) is 25.9. The molecule has 8 nitrogen and oxygen atoms in total. The van der Waals surface area contributed by atoms with Gasteiger partial charge in [0.25, 0.3) is 0 Å². The Bertz CT molecular complexity index is 1600. The van der Waals surface area contributed by atoms with Crippen LogP contribution in [0.1, 0.15) is 30.4 Å². The van der Waals surface area contributed by atoms with Gasteiger partial charge >= 0.3 is 5.97 Å². The van der Waals surface area contributed by atoms with Crippen LogP contribution in [0.4, 0.5) is 0 Å². The lowest BCUT2D eigenvalue weighted by Gasteiger charge is -2.28. The van der Waals surface area contributed by atoms with Gasteiger partial charge in [0.1, 0.15) is 23.3 Å². The largest absolute Gasteiger partial charge is 0.504 e. The van der Waals surface area contributed by atoms with E-state index in [0.717, 1.165) is 5.57 Å². The summed E-state index contributed by atoms with van der Waals surface area (Å²) in [7, 11) is 1.50. The van der Waals surface area contributed by atoms with Crippen molar-refractivity contribution in [3.8, 4) is 40.1 Å². The number of carbonyl (C=O) groups excluding carboxylic acids is 1. The minimum absolute atomic E-state index is 0.00262. The number of fused-ring (bicyclic) bond motifs is 3. The van der Waals surface area contributed by atoms with Gasteiger partial charge in [-0.2, -0.15) is 0 Å². The van der Waals surface area contributed by atoms with Gasteiger partial charge in [0.2, 0.25) is 5.75 Å². The number of hydrogen-bond acceptors (Lipinski definition) is 8. The Morgan fingerprint density at radius 3 is 2.54 bits per heavy atom. The second-order valence-electron chi connectivity index (χ2n) is 8.84. The first-order valence-corrected chi connectivity index (χ1v) is 11.6. The van der Waals surface area contributed by atoms with Crippen LogP contribution in [0.15, 0.2) is 76.0 Å². The maximum absolute atomic E-state index is 13.2. The van der Waals surface area contributed by atoms with Crippen molar-refractivity contribution in [3.05, 3.63) is 88.1 Å². The SMILES string of the molecule is C=C(C)COc1c(OC)cccc1C1CC(=O)Oc2c(O)c(O)c3c(=O)cc(-c4ccccc4)oc3c21. The molecule has 0 saturated heterocycles. The van der Waals surface area contributed by atoms with Crippen molar-refractivity contribution in [1.82, 2.24) is 0 Å². The van der Waals surface area contributed by atoms with Crippen LogP contribution in [0, 0.1) is 0 Å². The lowest BCUT2D eigenvalue weighted by atomic mass is 9.84. The topological polar surface area (TPSA) is 115 Å². The molecule has 0 radical (unpaired) electrons. The number of para-hydroxylation sites is 1. The number of methoxy groups -OCH3 is 1. The highest BCUT2D eigenvalue weighted by atomic mass is 16.5. The highest BCUT2D eigenvalue weighted by Crippen LogP contribution is 2.54. The molecule has 8 heteroatoms. The first-order valence-electron chi connectivity index (χ1n) is 11.6. The van der Waals surface area contributed by atoms with Crippen molar-refractivity contribution < 1.29 is 33.6 Å². The second-order valence-corrected chi connectivity index (χ2v) is 8.84. The molecule has 0 fully saturated rings. The van der Waals surface area contributed by atoms with Crippen molar-refractivity contribution in [2.75, 3.05) is 13.7 Å². The van der Waals surface area contributed by atoms with Gasteiger partial charge in [-0.3, -0.25) is 9.59 Å². The molecule has 37 heavy (non-hydrogen) atoms. The maximum Gasteiger partial charge on any atom is 0.312 e. The van der Waals surface area contributed by atoms with Crippen LogP contribution in [0.3, 0.4) is 0 Å². The lowest BCUT2D eigenvalue weighted by Crippen LogP contribution is -2.23. The summed E-state index contributed by atoms with van der Waals surface area (Å²) in [6.45, 7) is 5.89. The number of aromatic hydroxyl groups is 2. The third-order valence-corrected chi connectivity index (χ3v) is 6.17. The molecule has 2 N–H and O–H groups in total. The van der Waals surface area contributed by atoms with E-state index in [2.05, 4.69) is 6.58 Å². The highest BCUT2D eigenvalue weighted by molar-refractivity contribution is 5.96. The average molecular weight is 501 g/mol. The monoisotopic (exact) mass is 500 g/mol. The van der Waals surface area contributed by atoms with Crippen LogP contribution >= 0.6 is 0 Å². The van der Waals surface area contributed by atoms with Crippen molar-refractivity contribution in [2.24, 2.45) is 0 Å². The first kappa shape index (κ1) is 24.0. The number of carbonyl (C=O) groups is 1. The van der Waals surface area contributed by atoms with Crippen LogP contribution in [0.5, 0.6) is 28.7 Å². The smallest absolute Gasteiger partial charge is 0.312 e. The molecular weight excluding hydrogens is 476 g/mol. The lowest BCUT2D eigenvalue weighted by molar-refractivity contribution is -0.135. The molecule has 1 aromatic heterocycles. The number of ether oxygens (including phenoxy) is 3. The van der Waals surface area contributed by atoms with Gasteiger partial charge in [-0.1, -0.05) is 49.0 Å². The van der Waals surface area contributed by atoms with Crippen LogP contribution in [-0.4, -0.2) is 29.9 Å². The third-order valence-electron chi connectivity index (χ3n) is 6.17. The van der Waals surface area contributed by atoms with E-state index in [1.165, 1.54) is 13.2 Å². The van der Waals surface area contributed by atoms with Crippen LogP contribution in [-0.2, 0) is 4.79 Å². The van der Waals surface area contributed by atoms with Crippen LogP contribution in [0.25, 0.3) is 22.3 Å². The summed E-state index contributed by atoms with van der Waals surface area (Å²) in [6.07, 6.45) is -0.137. The Hall–Kier alpha value is -4.72. The predicted molar refractivity (Wildman–Crippen MR) is 137 cm³/mol. The molecule has 0 spiro atoms. The van der Waals surface area contributed by atoms with E-state index < -0.39 is 28.8 Å². The van der Waals surface area contributed by atoms with E-state index in [1.807, 2.05) is 13.0 Å². The molecule has 1 aliphatic rings. The summed E-state index contributed by atoms with van der Waals surface area (Å²) in [5, 5.41) is 21.3. The van der Waals surface area contributed by atoms with Crippen LogP contribution < -0.4 is 19.6 Å². The minimum atomic E-state index is -0.755. The molecular formula is C29H24O8. The van der Waals surface area contributed by atoms with E-state index in [4.69, 9.17) is 18.6 Å². The Balaban J connectivity index is 1.84. The number of phenolic OH excluding ortho intramolecular Hbond substituents is 2. The van der Waals surface area contributed by atoms with Gasteiger partial charge in [0, 0.05) is 23.1 Å². The van der Waals surface area contributed by atoms with E-state index in [1.54, 1.807) is 42.5 Å². The average Bonchev–Trinajstić information content (AvgIpc) is 2.89. The number of benzene rings is 3. The van der Waals surface area contributed by atoms with Crippen molar-refractivity contribution >= 4 is 16.9 Å². The Morgan fingerprint density at radius 2 is 1.84 bits per heavy atom. The predicted octanol–water partition coefficient (Wildman–Crippen LogP) is 5.28. The van der Waals surface area contributed by atoms with E-state index in [-0.39, 0.29) is 41.1 Å². The minimum Gasteiger partial charge on any atom is -0.504 e. The maximum atomic E-state index is 13.2. The zero-order valence-corrected chi connectivity index (χ0v) is 20.2. The standard InChI is InChI=1S/C29H24O8/c1-15(2)14-35-27-17(10-7-11-20(27)34-3)18-12-22(31)37-29-23(18)28-24(25(32)26(29)33)19(30)13-21(36-28)16-8-5-4-6-9-16/h4-11,13,18,32-33H,1,12,14H2,2-3H3.